The Morgan fingerprint density at radius 3 is 2.06 bits per heavy atom. The molecule has 1 atom stereocenters. The van der Waals surface area contributed by atoms with E-state index in [-0.39, 0.29) is 31.5 Å². The minimum absolute atomic E-state index is 0.124. The quantitative estimate of drug-likeness (QED) is 0.235. The van der Waals surface area contributed by atoms with Gasteiger partial charge in [0.25, 0.3) is 10.1 Å². The van der Waals surface area contributed by atoms with E-state index in [4.69, 9.17) is 13.6 Å². The largest absolute Gasteiger partial charge is 0.430 e. The normalized spacial score (nSPS) is 13.7. The van der Waals surface area contributed by atoms with Gasteiger partial charge in [0.15, 0.2) is 0 Å². The zero-order chi connectivity index (χ0) is 25.5. The molecular formula is C25H29O8PS. The van der Waals surface area contributed by atoms with Crippen LogP contribution in [0.5, 0.6) is 11.5 Å². The summed E-state index contributed by atoms with van der Waals surface area (Å²) >= 11 is 0. The molecule has 0 aliphatic carbocycles. The monoisotopic (exact) mass is 520 g/mol. The molecule has 3 aromatic carbocycles. The van der Waals surface area contributed by atoms with Crippen LogP contribution in [0.4, 0.5) is 0 Å². The lowest BCUT2D eigenvalue weighted by atomic mass is 9.83. The zero-order valence-electron chi connectivity index (χ0n) is 19.3. The lowest BCUT2D eigenvalue weighted by Gasteiger charge is -2.25. The van der Waals surface area contributed by atoms with E-state index in [9.17, 15) is 23.2 Å². The number of aliphatic hydroxyl groups is 2. The molecule has 0 heterocycles. The van der Waals surface area contributed by atoms with Gasteiger partial charge in [0.2, 0.25) is 0 Å². The van der Waals surface area contributed by atoms with Crippen molar-refractivity contribution in [1.82, 2.24) is 0 Å². The van der Waals surface area contributed by atoms with Crippen molar-refractivity contribution in [3.8, 4) is 22.6 Å². The maximum Gasteiger partial charge on any atom is 0.430 e. The van der Waals surface area contributed by atoms with E-state index >= 15 is 0 Å². The van der Waals surface area contributed by atoms with E-state index < -0.39 is 28.9 Å². The highest BCUT2D eigenvalue weighted by molar-refractivity contribution is 7.85. The first-order valence-corrected chi connectivity index (χ1v) is 14.3. The van der Waals surface area contributed by atoms with Gasteiger partial charge in [-0.15, -0.1) is 0 Å². The number of hydrogen-bond acceptors (Lipinski definition) is 7. The second-order valence-corrected chi connectivity index (χ2v) is 12.0. The van der Waals surface area contributed by atoms with Crippen LogP contribution in [0.15, 0.2) is 78.9 Å². The number of rotatable bonds is 12. The summed E-state index contributed by atoms with van der Waals surface area (Å²) in [5, 5.41) is 19.3. The summed E-state index contributed by atoms with van der Waals surface area (Å²) in [4.78, 5) is 0. The molecule has 0 aliphatic heterocycles. The molecule has 10 heteroatoms. The Morgan fingerprint density at radius 1 is 0.857 bits per heavy atom. The standard InChI is InChI=1S/C25H29O8PS/c1-25(18-26,19-27)21-14-12-20(13-15-21)23-10-5-6-11-24(23)33-34(28,16-7-17-35(29,30)31)32-22-8-3-2-4-9-22/h2-6,8-15,26-27H,7,16-19H2,1H3,(H,29,30,31). The summed E-state index contributed by atoms with van der Waals surface area (Å²) in [5.41, 5.74) is 1.33. The molecule has 0 aliphatic rings. The Morgan fingerprint density at radius 2 is 1.46 bits per heavy atom. The minimum atomic E-state index is -4.23. The van der Waals surface area contributed by atoms with Crippen molar-refractivity contribution in [2.24, 2.45) is 0 Å². The van der Waals surface area contributed by atoms with Crippen LogP contribution in [0.1, 0.15) is 18.9 Å². The van der Waals surface area contributed by atoms with Gasteiger partial charge in [-0.25, -0.2) is 4.57 Å². The van der Waals surface area contributed by atoms with Crippen molar-refractivity contribution in [3.05, 3.63) is 84.4 Å². The molecule has 1 unspecified atom stereocenters. The fourth-order valence-corrected chi connectivity index (χ4v) is 5.80. The van der Waals surface area contributed by atoms with Crippen molar-refractivity contribution in [3.63, 3.8) is 0 Å². The second-order valence-electron chi connectivity index (χ2n) is 8.42. The fourth-order valence-electron chi connectivity index (χ4n) is 3.41. The fraction of sp³-hybridized carbons (Fsp3) is 0.280. The Labute approximate surface area is 205 Å². The van der Waals surface area contributed by atoms with Crippen LogP contribution in [0, 0.1) is 0 Å². The topological polar surface area (TPSA) is 130 Å². The molecular weight excluding hydrogens is 491 g/mol. The first-order chi connectivity index (χ1) is 16.6. The second kappa shape index (κ2) is 11.4. The average molecular weight is 521 g/mol. The number of benzene rings is 3. The van der Waals surface area contributed by atoms with Crippen LogP contribution in [0.3, 0.4) is 0 Å². The third-order valence-corrected chi connectivity index (χ3v) is 8.17. The summed E-state index contributed by atoms with van der Waals surface area (Å²) in [6.45, 7) is 1.32. The molecule has 0 amide bonds. The molecule has 0 bridgehead atoms. The lowest BCUT2D eigenvalue weighted by molar-refractivity contribution is 0.129. The molecule has 0 saturated carbocycles. The van der Waals surface area contributed by atoms with Gasteiger partial charge in [0.05, 0.1) is 25.1 Å². The van der Waals surface area contributed by atoms with Gasteiger partial charge >= 0.3 is 7.60 Å². The third-order valence-electron chi connectivity index (χ3n) is 5.54. The molecule has 188 valence electrons. The van der Waals surface area contributed by atoms with Crippen molar-refractivity contribution >= 4 is 17.7 Å². The highest BCUT2D eigenvalue weighted by atomic mass is 32.2. The molecule has 3 rings (SSSR count). The summed E-state index contributed by atoms with van der Waals surface area (Å²) in [6, 6.07) is 22.6. The molecule has 0 saturated heterocycles. The van der Waals surface area contributed by atoms with Crippen molar-refractivity contribution < 1.29 is 36.8 Å². The highest BCUT2D eigenvalue weighted by Gasteiger charge is 2.30. The summed E-state index contributed by atoms with van der Waals surface area (Å²) in [7, 11) is -8.12. The van der Waals surface area contributed by atoms with Gasteiger partial charge in [0.1, 0.15) is 11.5 Å². The van der Waals surface area contributed by atoms with Crippen LogP contribution in [0.2, 0.25) is 0 Å². The van der Waals surface area contributed by atoms with Crippen LogP contribution in [0.25, 0.3) is 11.1 Å². The van der Waals surface area contributed by atoms with Crippen LogP contribution >= 0.6 is 7.60 Å². The van der Waals surface area contributed by atoms with Crippen molar-refractivity contribution in [1.29, 1.82) is 0 Å². The Bertz CT molecular complexity index is 1260. The smallest absolute Gasteiger partial charge is 0.416 e. The Hall–Kier alpha value is -2.68. The van der Waals surface area contributed by atoms with E-state index in [0.29, 0.717) is 11.3 Å². The Kier molecular flexibility index (Phi) is 8.74. The molecule has 0 spiro atoms. The highest BCUT2D eigenvalue weighted by Crippen LogP contribution is 2.51. The number of aliphatic hydroxyl groups excluding tert-OH is 2. The molecule has 0 aromatic heterocycles. The SMILES string of the molecule is CC(CO)(CO)c1ccc(-c2ccccc2OP(=O)(CCCS(=O)(=O)O)Oc2ccccc2)cc1. The van der Waals surface area contributed by atoms with Gasteiger partial charge < -0.3 is 19.3 Å². The van der Waals surface area contributed by atoms with Crippen molar-refractivity contribution in [2.75, 3.05) is 25.1 Å². The van der Waals surface area contributed by atoms with Crippen molar-refractivity contribution in [2.45, 2.75) is 18.8 Å². The maximum absolute atomic E-state index is 13.7. The molecule has 3 N–H and O–H groups in total. The summed E-state index contributed by atoms with van der Waals surface area (Å²) in [5.74, 6) is 0.00563. The third kappa shape index (κ3) is 7.40. The molecule has 35 heavy (non-hydrogen) atoms. The van der Waals surface area contributed by atoms with Crippen LogP contribution in [-0.2, 0) is 20.1 Å². The van der Waals surface area contributed by atoms with E-state index in [2.05, 4.69) is 0 Å². The summed E-state index contributed by atoms with van der Waals surface area (Å²) in [6.07, 6.45) is -0.360. The average Bonchev–Trinajstić information content (AvgIpc) is 2.83. The van der Waals surface area contributed by atoms with E-state index in [1.165, 1.54) is 0 Å². The van der Waals surface area contributed by atoms with Gasteiger partial charge in [-0.3, -0.25) is 4.55 Å². The van der Waals surface area contributed by atoms with Crippen LogP contribution in [-0.4, -0.2) is 48.3 Å². The molecule has 0 radical (unpaired) electrons. The number of hydrogen-bond donors (Lipinski definition) is 3. The summed E-state index contributed by atoms with van der Waals surface area (Å²) < 4.78 is 56.7. The van der Waals surface area contributed by atoms with E-state index in [0.717, 1.165) is 11.1 Å². The van der Waals surface area contributed by atoms with Gasteiger partial charge in [0, 0.05) is 11.0 Å². The molecule has 8 nitrogen and oxygen atoms in total. The number of para-hydroxylation sites is 2. The van der Waals surface area contributed by atoms with Crippen LogP contribution < -0.4 is 9.05 Å². The first kappa shape index (κ1) is 26.9. The zero-order valence-corrected chi connectivity index (χ0v) is 21.0. The van der Waals surface area contributed by atoms with E-state index in [1.807, 2.05) is 12.1 Å². The minimum Gasteiger partial charge on any atom is -0.416 e. The maximum atomic E-state index is 13.7. The van der Waals surface area contributed by atoms with E-state index in [1.54, 1.807) is 73.7 Å². The molecule has 0 fully saturated rings. The van der Waals surface area contributed by atoms with Gasteiger partial charge in [-0.2, -0.15) is 8.42 Å². The van der Waals surface area contributed by atoms with Gasteiger partial charge in [-0.1, -0.05) is 67.6 Å². The lowest BCUT2D eigenvalue weighted by Crippen LogP contribution is -2.30. The van der Waals surface area contributed by atoms with Gasteiger partial charge in [-0.05, 0) is 35.7 Å². The predicted molar refractivity (Wildman–Crippen MR) is 135 cm³/mol. The Balaban J connectivity index is 1.92. The predicted octanol–water partition coefficient (Wildman–Crippen LogP) is 4.52. The molecule has 3 aromatic rings. The first-order valence-electron chi connectivity index (χ1n) is 11.0.